The van der Waals surface area contributed by atoms with Crippen LogP contribution in [-0.2, 0) is 0 Å². The smallest absolute Gasteiger partial charge is 0.251 e. The first-order valence-electron chi connectivity index (χ1n) is 12.6. The van der Waals surface area contributed by atoms with Crippen molar-refractivity contribution in [2.24, 2.45) is 5.92 Å². The SMILES string of the molecule is CC(C)CNc1nc(-c2cccc3ccccc23)cn2c(-c3ccc(C(=O)NC4CC4)cc3)cnc12. The first kappa shape index (κ1) is 22.3. The lowest BCUT2D eigenvalue weighted by molar-refractivity contribution is 0.0951. The Balaban J connectivity index is 1.45. The lowest BCUT2D eigenvalue weighted by Gasteiger charge is -2.14. The Hall–Kier alpha value is -4.19. The van der Waals surface area contributed by atoms with E-state index in [4.69, 9.17) is 9.97 Å². The summed E-state index contributed by atoms with van der Waals surface area (Å²) in [6, 6.07) is 22.8. The number of nitrogens with one attached hydrogen (secondary N) is 2. The van der Waals surface area contributed by atoms with Crippen LogP contribution in [0.5, 0.6) is 0 Å². The number of carbonyl (C=O) groups excluding carboxylic acids is 1. The van der Waals surface area contributed by atoms with Gasteiger partial charge in [-0.1, -0.05) is 68.4 Å². The number of carbonyl (C=O) groups is 1. The number of benzene rings is 3. The van der Waals surface area contributed by atoms with Crippen LogP contribution in [0.4, 0.5) is 5.82 Å². The second kappa shape index (κ2) is 9.11. The third-order valence-electron chi connectivity index (χ3n) is 6.59. The zero-order valence-electron chi connectivity index (χ0n) is 20.5. The normalized spacial score (nSPS) is 13.4. The summed E-state index contributed by atoms with van der Waals surface area (Å²) in [5.74, 6) is 1.22. The highest BCUT2D eigenvalue weighted by molar-refractivity contribution is 5.96. The molecule has 0 bridgehead atoms. The maximum Gasteiger partial charge on any atom is 0.251 e. The van der Waals surface area contributed by atoms with E-state index in [0.717, 1.165) is 58.8 Å². The molecule has 0 spiro atoms. The van der Waals surface area contributed by atoms with Gasteiger partial charge in [0.05, 0.1) is 17.6 Å². The van der Waals surface area contributed by atoms with E-state index in [0.29, 0.717) is 17.5 Å². The van der Waals surface area contributed by atoms with Crippen LogP contribution < -0.4 is 10.6 Å². The summed E-state index contributed by atoms with van der Waals surface area (Å²) in [5.41, 5.74) is 5.37. The summed E-state index contributed by atoms with van der Waals surface area (Å²) in [6.07, 6.45) is 6.09. The van der Waals surface area contributed by atoms with E-state index in [2.05, 4.69) is 77.5 Å². The van der Waals surface area contributed by atoms with Crippen molar-refractivity contribution in [3.8, 4) is 22.5 Å². The van der Waals surface area contributed by atoms with E-state index in [9.17, 15) is 4.79 Å². The van der Waals surface area contributed by atoms with E-state index in [1.165, 1.54) is 5.39 Å². The number of hydrogen-bond donors (Lipinski definition) is 2. The van der Waals surface area contributed by atoms with Gasteiger partial charge in [0.15, 0.2) is 11.5 Å². The van der Waals surface area contributed by atoms with Crippen LogP contribution in [0.15, 0.2) is 79.1 Å². The highest BCUT2D eigenvalue weighted by Gasteiger charge is 2.24. The lowest BCUT2D eigenvalue weighted by atomic mass is 10.0. The molecule has 0 saturated heterocycles. The molecule has 1 aliphatic carbocycles. The maximum atomic E-state index is 12.4. The molecule has 6 nitrogen and oxygen atoms in total. The van der Waals surface area contributed by atoms with Crippen molar-refractivity contribution in [1.29, 1.82) is 0 Å². The largest absolute Gasteiger partial charge is 0.367 e. The number of amides is 1. The van der Waals surface area contributed by atoms with Crippen LogP contribution in [-0.4, -0.2) is 32.9 Å². The third-order valence-corrected chi connectivity index (χ3v) is 6.59. The average Bonchev–Trinajstić information content (AvgIpc) is 3.61. The van der Waals surface area contributed by atoms with Gasteiger partial charge in [0.25, 0.3) is 5.91 Å². The number of fused-ring (bicyclic) bond motifs is 2. The summed E-state index contributed by atoms with van der Waals surface area (Å²) in [5, 5.41) is 8.90. The molecular formula is C30H29N5O. The Kier molecular flexibility index (Phi) is 5.64. The molecule has 2 aromatic heterocycles. The van der Waals surface area contributed by atoms with Crippen molar-refractivity contribution in [2.75, 3.05) is 11.9 Å². The predicted octanol–water partition coefficient (Wildman–Crippen LogP) is 6.18. The number of imidazole rings is 1. The standard InChI is InChI=1S/C30H29N5O/c1-19(2)16-31-28-29-32-17-27(21-10-12-22(13-11-21)30(36)33-23-14-15-23)35(29)18-26(34-28)25-9-5-7-20-6-3-4-8-24(20)25/h3-13,17-19,23H,14-16H2,1-2H3,(H,31,34)(H,33,36). The van der Waals surface area contributed by atoms with Crippen molar-refractivity contribution >= 4 is 28.1 Å². The molecule has 180 valence electrons. The lowest BCUT2D eigenvalue weighted by Crippen LogP contribution is -2.25. The van der Waals surface area contributed by atoms with Crippen molar-refractivity contribution < 1.29 is 4.79 Å². The van der Waals surface area contributed by atoms with E-state index < -0.39 is 0 Å². The summed E-state index contributed by atoms with van der Waals surface area (Å²) >= 11 is 0. The fourth-order valence-corrected chi connectivity index (χ4v) is 4.49. The highest BCUT2D eigenvalue weighted by atomic mass is 16.1. The highest BCUT2D eigenvalue weighted by Crippen LogP contribution is 2.32. The van der Waals surface area contributed by atoms with Gasteiger partial charge in [-0.15, -0.1) is 0 Å². The summed E-state index contributed by atoms with van der Waals surface area (Å²) in [6.45, 7) is 5.15. The molecule has 1 amide bonds. The summed E-state index contributed by atoms with van der Waals surface area (Å²) in [4.78, 5) is 22.2. The molecule has 2 heterocycles. The first-order valence-corrected chi connectivity index (χ1v) is 12.6. The number of aromatic nitrogens is 3. The maximum absolute atomic E-state index is 12.4. The fourth-order valence-electron chi connectivity index (χ4n) is 4.49. The molecule has 0 aliphatic heterocycles. The average molecular weight is 476 g/mol. The quantitative estimate of drug-likeness (QED) is 0.295. The Labute approximate surface area is 210 Å². The molecule has 5 aromatic rings. The van der Waals surface area contributed by atoms with Gasteiger partial charge in [-0.25, -0.2) is 9.97 Å². The summed E-state index contributed by atoms with van der Waals surface area (Å²) < 4.78 is 2.10. The Bertz CT molecular complexity index is 1560. The fraction of sp³-hybridized carbons (Fsp3) is 0.233. The molecule has 0 radical (unpaired) electrons. The third kappa shape index (κ3) is 4.31. The monoisotopic (exact) mass is 475 g/mol. The van der Waals surface area contributed by atoms with Crippen LogP contribution >= 0.6 is 0 Å². The van der Waals surface area contributed by atoms with Gasteiger partial charge in [0.2, 0.25) is 0 Å². The Morgan fingerprint density at radius 2 is 1.81 bits per heavy atom. The first-order chi connectivity index (χ1) is 17.6. The Morgan fingerprint density at radius 3 is 2.58 bits per heavy atom. The molecule has 1 aliphatic rings. The molecule has 1 saturated carbocycles. The predicted molar refractivity (Wildman–Crippen MR) is 145 cm³/mol. The molecule has 6 heteroatoms. The number of anilines is 1. The van der Waals surface area contributed by atoms with Crippen LogP contribution in [0, 0.1) is 5.92 Å². The van der Waals surface area contributed by atoms with Gasteiger partial charge in [0.1, 0.15) is 0 Å². The zero-order chi connectivity index (χ0) is 24.6. The molecule has 36 heavy (non-hydrogen) atoms. The minimum atomic E-state index is -0.00944. The van der Waals surface area contributed by atoms with Crippen molar-refractivity contribution in [1.82, 2.24) is 19.7 Å². The van der Waals surface area contributed by atoms with Crippen molar-refractivity contribution in [2.45, 2.75) is 32.7 Å². The van der Waals surface area contributed by atoms with E-state index in [1.54, 1.807) is 0 Å². The molecular weight excluding hydrogens is 446 g/mol. The number of hydrogen-bond acceptors (Lipinski definition) is 4. The zero-order valence-corrected chi connectivity index (χ0v) is 20.5. The minimum Gasteiger partial charge on any atom is -0.367 e. The summed E-state index contributed by atoms with van der Waals surface area (Å²) in [7, 11) is 0. The second-order valence-corrected chi connectivity index (χ2v) is 9.94. The van der Waals surface area contributed by atoms with Gasteiger partial charge >= 0.3 is 0 Å². The number of nitrogens with zero attached hydrogens (tertiary/aromatic N) is 3. The molecule has 6 rings (SSSR count). The van der Waals surface area contributed by atoms with E-state index >= 15 is 0 Å². The van der Waals surface area contributed by atoms with Crippen LogP contribution in [0.3, 0.4) is 0 Å². The van der Waals surface area contributed by atoms with Crippen LogP contribution in [0.25, 0.3) is 38.9 Å². The molecule has 2 N–H and O–H groups in total. The molecule has 0 unspecified atom stereocenters. The van der Waals surface area contributed by atoms with Gasteiger partial charge in [0, 0.05) is 35.5 Å². The molecule has 1 fully saturated rings. The van der Waals surface area contributed by atoms with E-state index in [-0.39, 0.29) is 5.91 Å². The minimum absolute atomic E-state index is 0.00944. The van der Waals surface area contributed by atoms with Gasteiger partial charge < -0.3 is 10.6 Å². The van der Waals surface area contributed by atoms with Crippen molar-refractivity contribution in [3.63, 3.8) is 0 Å². The van der Waals surface area contributed by atoms with Crippen LogP contribution in [0.1, 0.15) is 37.0 Å². The topological polar surface area (TPSA) is 71.3 Å². The number of rotatable bonds is 7. The molecule has 3 aromatic carbocycles. The van der Waals surface area contributed by atoms with Crippen molar-refractivity contribution in [3.05, 3.63) is 84.7 Å². The van der Waals surface area contributed by atoms with Crippen LogP contribution in [0.2, 0.25) is 0 Å². The van der Waals surface area contributed by atoms with Gasteiger partial charge in [-0.3, -0.25) is 9.20 Å². The van der Waals surface area contributed by atoms with Gasteiger partial charge in [-0.2, -0.15) is 0 Å². The molecule has 0 atom stereocenters. The second-order valence-electron chi connectivity index (χ2n) is 9.94. The van der Waals surface area contributed by atoms with Gasteiger partial charge in [-0.05, 0) is 41.7 Å². The van der Waals surface area contributed by atoms with E-state index in [1.807, 2.05) is 30.5 Å². The Morgan fingerprint density at radius 1 is 1.03 bits per heavy atom.